The first-order valence-corrected chi connectivity index (χ1v) is 5.43. The first-order valence-electron chi connectivity index (χ1n) is 5.43. The summed E-state index contributed by atoms with van der Waals surface area (Å²) in [4.78, 5) is 13.8. The quantitative estimate of drug-likeness (QED) is 0.712. The molecule has 0 bridgehead atoms. The smallest absolute Gasteiger partial charge is 0.306 e. The SMILES string of the molecule is CC.CC.Cn1c(=O)[nH]c2ccccc21.[HH]. The normalized spacial score (nSPS) is 8.60. The van der Waals surface area contributed by atoms with Gasteiger partial charge in [-0.15, -0.1) is 0 Å². The first kappa shape index (κ1) is 13.5. The number of aromatic amines is 1. The van der Waals surface area contributed by atoms with Crippen molar-refractivity contribution in [2.45, 2.75) is 27.7 Å². The molecule has 15 heavy (non-hydrogen) atoms. The largest absolute Gasteiger partial charge is 0.326 e. The van der Waals surface area contributed by atoms with E-state index in [0.717, 1.165) is 11.0 Å². The molecule has 0 aliphatic heterocycles. The fourth-order valence-electron chi connectivity index (χ4n) is 1.18. The van der Waals surface area contributed by atoms with Gasteiger partial charge < -0.3 is 4.98 Å². The molecule has 0 amide bonds. The Balaban J connectivity index is 0. The van der Waals surface area contributed by atoms with Crippen molar-refractivity contribution in [1.29, 1.82) is 0 Å². The van der Waals surface area contributed by atoms with E-state index in [1.807, 2.05) is 52.0 Å². The summed E-state index contributed by atoms with van der Waals surface area (Å²) in [5, 5.41) is 0. The van der Waals surface area contributed by atoms with Gasteiger partial charge in [-0.25, -0.2) is 4.79 Å². The van der Waals surface area contributed by atoms with Crippen molar-refractivity contribution in [2.75, 3.05) is 0 Å². The Bertz CT molecular complexity index is 445. The molecule has 0 aliphatic carbocycles. The van der Waals surface area contributed by atoms with E-state index in [1.54, 1.807) is 11.6 Å². The van der Waals surface area contributed by atoms with Crippen molar-refractivity contribution in [2.24, 2.45) is 7.05 Å². The average Bonchev–Trinajstić information content (AvgIpc) is 2.61. The Labute approximate surface area is 92.2 Å². The highest BCUT2D eigenvalue weighted by molar-refractivity contribution is 5.74. The van der Waals surface area contributed by atoms with E-state index in [4.69, 9.17) is 0 Å². The molecule has 0 fully saturated rings. The number of fused-ring (bicyclic) bond motifs is 1. The van der Waals surface area contributed by atoms with Gasteiger partial charge in [0.2, 0.25) is 0 Å². The van der Waals surface area contributed by atoms with Gasteiger partial charge in [0, 0.05) is 8.47 Å². The molecule has 2 aromatic rings. The second kappa shape index (κ2) is 6.87. The number of imidazole rings is 1. The molecule has 1 aromatic carbocycles. The lowest BCUT2D eigenvalue weighted by atomic mass is 10.3. The molecule has 1 heterocycles. The zero-order chi connectivity index (χ0) is 11.8. The number of aromatic nitrogens is 2. The molecule has 3 nitrogen and oxygen atoms in total. The van der Waals surface area contributed by atoms with Crippen molar-refractivity contribution in [1.82, 2.24) is 9.55 Å². The summed E-state index contributed by atoms with van der Waals surface area (Å²) in [6.45, 7) is 8.00. The zero-order valence-corrected chi connectivity index (χ0v) is 10.2. The van der Waals surface area contributed by atoms with Gasteiger partial charge >= 0.3 is 5.69 Å². The minimum atomic E-state index is -0.0637. The highest BCUT2D eigenvalue weighted by Gasteiger charge is 1.98. The number of para-hydroxylation sites is 2. The highest BCUT2D eigenvalue weighted by Crippen LogP contribution is 2.06. The van der Waals surface area contributed by atoms with Crippen molar-refractivity contribution in [3.05, 3.63) is 34.7 Å². The molecule has 86 valence electrons. The minimum Gasteiger partial charge on any atom is -0.306 e. The molecule has 3 heteroatoms. The van der Waals surface area contributed by atoms with Crippen LogP contribution in [0.1, 0.15) is 29.1 Å². The van der Waals surface area contributed by atoms with Gasteiger partial charge in [0.1, 0.15) is 0 Å². The van der Waals surface area contributed by atoms with E-state index in [1.165, 1.54) is 0 Å². The van der Waals surface area contributed by atoms with Gasteiger partial charge in [-0.3, -0.25) is 4.57 Å². The average molecular weight is 210 g/mol. The Kier molecular flexibility index (Phi) is 6.18. The molecular weight excluding hydrogens is 188 g/mol. The van der Waals surface area contributed by atoms with E-state index in [2.05, 4.69) is 4.98 Å². The third-order valence-corrected chi connectivity index (χ3v) is 1.81. The first-order chi connectivity index (χ1) is 7.29. The molecule has 1 N–H and O–H groups in total. The van der Waals surface area contributed by atoms with Crippen molar-refractivity contribution < 1.29 is 1.43 Å². The zero-order valence-electron chi connectivity index (χ0n) is 10.2. The Morgan fingerprint density at radius 2 is 1.67 bits per heavy atom. The number of hydrogen-bond donors (Lipinski definition) is 1. The number of H-pyrrole nitrogens is 1. The minimum absolute atomic E-state index is 0. The number of nitrogens with zero attached hydrogens (tertiary/aromatic N) is 1. The van der Waals surface area contributed by atoms with Crippen LogP contribution in [0.2, 0.25) is 0 Å². The lowest BCUT2D eigenvalue weighted by molar-refractivity contribution is 0.891. The molecule has 0 atom stereocenters. The second-order valence-corrected chi connectivity index (χ2v) is 2.51. The van der Waals surface area contributed by atoms with Crippen LogP contribution in [0.5, 0.6) is 0 Å². The molecule has 0 radical (unpaired) electrons. The van der Waals surface area contributed by atoms with Crippen LogP contribution in [0.4, 0.5) is 0 Å². The fourth-order valence-corrected chi connectivity index (χ4v) is 1.18. The molecule has 0 spiro atoms. The number of hydrogen-bond acceptors (Lipinski definition) is 1. The van der Waals surface area contributed by atoms with E-state index >= 15 is 0 Å². The number of benzene rings is 1. The van der Waals surface area contributed by atoms with Crippen LogP contribution >= 0.6 is 0 Å². The van der Waals surface area contributed by atoms with Gasteiger partial charge in [-0.1, -0.05) is 39.8 Å². The lowest BCUT2D eigenvalue weighted by Gasteiger charge is -1.89. The molecule has 2 rings (SSSR count). The molecular formula is C12H22N2O. The molecule has 0 unspecified atom stereocenters. The predicted octanol–water partition coefficient (Wildman–Crippen LogP) is 3.17. The van der Waals surface area contributed by atoms with Crippen molar-refractivity contribution in [3.63, 3.8) is 0 Å². The summed E-state index contributed by atoms with van der Waals surface area (Å²) < 4.78 is 1.59. The van der Waals surface area contributed by atoms with Gasteiger partial charge in [0.05, 0.1) is 11.0 Å². The van der Waals surface area contributed by atoms with Crippen LogP contribution < -0.4 is 5.69 Å². The third kappa shape index (κ3) is 2.98. The summed E-state index contributed by atoms with van der Waals surface area (Å²) in [7, 11) is 1.75. The maximum Gasteiger partial charge on any atom is 0.326 e. The summed E-state index contributed by atoms with van der Waals surface area (Å²) >= 11 is 0. The Morgan fingerprint density at radius 1 is 1.13 bits per heavy atom. The van der Waals surface area contributed by atoms with E-state index in [9.17, 15) is 4.79 Å². The molecule has 1 aromatic heterocycles. The standard InChI is InChI=1S/C8H8N2O.2C2H6.H2/c1-10-7-5-3-2-4-6(7)9-8(10)11;2*1-2;/h2-5H,1H3,(H,9,11);2*1-2H3;1H. The van der Waals surface area contributed by atoms with Crippen LogP contribution in [0.25, 0.3) is 11.0 Å². The van der Waals surface area contributed by atoms with Crippen LogP contribution in [-0.4, -0.2) is 9.55 Å². The summed E-state index contributed by atoms with van der Waals surface area (Å²) in [6.07, 6.45) is 0. The van der Waals surface area contributed by atoms with Crippen molar-refractivity contribution >= 4 is 11.0 Å². The molecule has 0 saturated carbocycles. The van der Waals surface area contributed by atoms with E-state index < -0.39 is 0 Å². The Morgan fingerprint density at radius 3 is 2.20 bits per heavy atom. The summed E-state index contributed by atoms with van der Waals surface area (Å²) in [5.74, 6) is 0. The maximum absolute atomic E-state index is 11.0. The van der Waals surface area contributed by atoms with Gasteiger partial charge in [-0.05, 0) is 12.1 Å². The lowest BCUT2D eigenvalue weighted by Crippen LogP contribution is -2.11. The van der Waals surface area contributed by atoms with Gasteiger partial charge in [0.15, 0.2) is 0 Å². The second-order valence-electron chi connectivity index (χ2n) is 2.51. The number of aryl methyl sites for hydroxylation is 1. The summed E-state index contributed by atoms with van der Waals surface area (Å²) in [5.41, 5.74) is 1.77. The van der Waals surface area contributed by atoms with Gasteiger partial charge in [-0.2, -0.15) is 0 Å². The van der Waals surface area contributed by atoms with Crippen LogP contribution in [0.15, 0.2) is 29.1 Å². The summed E-state index contributed by atoms with van der Waals surface area (Å²) in [6, 6.07) is 7.61. The predicted molar refractivity (Wildman–Crippen MR) is 68.3 cm³/mol. The number of rotatable bonds is 0. The Hall–Kier alpha value is -1.51. The van der Waals surface area contributed by atoms with Crippen molar-refractivity contribution in [3.8, 4) is 0 Å². The number of nitrogens with one attached hydrogen (secondary N) is 1. The van der Waals surface area contributed by atoms with E-state index in [0.29, 0.717) is 0 Å². The topological polar surface area (TPSA) is 37.8 Å². The van der Waals surface area contributed by atoms with Crippen LogP contribution in [0, 0.1) is 0 Å². The fraction of sp³-hybridized carbons (Fsp3) is 0.417. The van der Waals surface area contributed by atoms with Gasteiger partial charge in [0.25, 0.3) is 0 Å². The molecule has 0 aliphatic rings. The van der Waals surface area contributed by atoms with Crippen LogP contribution in [-0.2, 0) is 7.05 Å². The van der Waals surface area contributed by atoms with Crippen LogP contribution in [0.3, 0.4) is 0 Å². The third-order valence-electron chi connectivity index (χ3n) is 1.81. The monoisotopic (exact) mass is 210 g/mol. The van der Waals surface area contributed by atoms with E-state index in [-0.39, 0.29) is 7.12 Å². The molecule has 0 saturated heterocycles. The highest BCUT2D eigenvalue weighted by atomic mass is 16.1. The maximum atomic E-state index is 11.0.